The van der Waals surface area contributed by atoms with Crippen LogP contribution in [0.3, 0.4) is 0 Å². The van der Waals surface area contributed by atoms with Crippen LogP contribution in [0.15, 0.2) is 12.1 Å². The van der Waals surface area contributed by atoms with Crippen molar-refractivity contribution in [2.24, 2.45) is 17.7 Å². The molecule has 2 rings (SSSR count). The number of aromatic nitrogens is 1. The minimum Gasteiger partial charge on any atom is -0.352 e. The number of nitrogens with zero attached hydrogens (tertiary/aromatic N) is 1. The van der Waals surface area contributed by atoms with Crippen LogP contribution >= 0.6 is 0 Å². The van der Waals surface area contributed by atoms with Gasteiger partial charge >= 0.3 is 0 Å². The Morgan fingerprint density at radius 3 is 2.84 bits per heavy atom. The molecule has 5 nitrogen and oxygen atoms in total. The molecule has 0 saturated heterocycles. The molecule has 1 atom stereocenters. The van der Waals surface area contributed by atoms with E-state index in [1.54, 1.807) is 6.07 Å². The predicted octanol–water partition coefficient (Wildman–Crippen LogP) is 1.71. The molecule has 1 aromatic rings. The van der Waals surface area contributed by atoms with E-state index in [0.717, 1.165) is 24.6 Å². The maximum Gasteiger partial charge on any atom is 0.251 e. The molecule has 1 saturated carbocycles. The Morgan fingerprint density at radius 2 is 2.26 bits per heavy atom. The fraction of sp³-hybridized carbons (Fsp3) is 0.571. The van der Waals surface area contributed by atoms with E-state index in [1.807, 2.05) is 13.0 Å². The smallest absolute Gasteiger partial charge is 0.251 e. The zero-order chi connectivity index (χ0) is 13.8. The third-order valence-electron chi connectivity index (χ3n) is 3.66. The maximum atomic E-state index is 12.1. The van der Waals surface area contributed by atoms with E-state index in [9.17, 15) is 4.79 Å². The van der Waals surface area contributed by atoms with E-state index < -0.39 is 0 Å². The quantitative estimate of drug-likeness (QED) is 0.538. The summed E-state index contributed by atoms with van der Waals surface area (Å²) < 4.78 is 0. The van der Waals surface area contributed by atoms with Crippen LogP contribution in [0.1, 0.15) is 42.7 Å². The van der Waals surface area contributed by atoms with Crippen LogP contribution in [0.25, 0.3) is 0 Å². The summed E-state index contributed by atoms with van der Waals surface area (Å²) in [7, 11) is 0. The molecule has 19 heavy (non-hydrogen) atoms. The van der Waals surface area contributed by atoms with Crippen molar-refractivity contribution < 1.29 is 4.79 Å². The van der Waals surface area contributed by atoms with Gasteiger partial charge in [-0.15, -0.1) is 0 Å². The predicted molar refractivity (Wildman–Crippen MR) is 75.6 cm³/mol. The number of aryl methyl sites for hydroxylation is 1. The van der Waals surface area contributed by atoms with E-state index >= 15 is 0 Å². The summed E-state index contributed by atoms with van der Waals surface area (Å²) in [6, 6.07) is 3.49. The largest absolute Gasteiger partial charge is 0.352 e. The van der Waals surface area contributed by atoms with Crippen LogP contribution in [0.4, 0.5) is 5.82 Å². The number of rotatable bonds is 6. The number of anilines is 1. The lowest BCUT2D eigenvalue weighted by Gasteiger charge is -2.12. The molecule has 1 aliphatic carbocycles. The number of hydrazine groups is 1. The number of hydrogen-bond donors (Lipinski definition) is 3. The van der Waals surface area contributed by atoms with E-state index in [4.69, 9.17) is 5.84 Å². The number of pyridine rings is 1. The van der Waals surface area contributed by atoms with Gasteiger partial charge in [-0.3, -0.25) is 4.79 Å². The number of carbonyl (C=O) groups excluding carboxylic acids is 1. The van der Waals surface area contributed by atoms with Crippen molar-refractivity contribution in [1.82, 2.24) is 10.3 Å². The van der Waals surface area contributed by atoms with Crippen molar-refractivity contribution in [2.75, 3.05) is 12.0 Å². The van der Waals surface area contributed by atoms with Gasteiger partial charge in [-0.25, -0.2) is 10.8 Å². The SMILES string of the molecule is CCc1cc(C(=O)NCC(C)C2CC2)cc(NN)n1. The van der Waals surface area contributed by atoms with Gasteiger partial charge in [-0.1, -0.05) is 13.8 Å². The van der Waals surface area contributed by atoms with Crippen molar-refractivity contribution in [3.63, 3.8) is 0 Å². The van der Waals surface area contributed by atoms with Gasteiger partial charge in [-0.2, -0.15) is 0 Å². The Hall–Kier alpha value is -1.62. The number of nitrogens with two attached hydrogens (primary N) is 1. The van der Waals surface area contributed by atoms with Crippen molar-refractivity contribution in [3.8, 4) is 0 Å². The van der Waals surface area contributed by atoms with Crippen LogP contribution in [0.5, 0.6) is 0 Å². The second-order valence-corrected chi connectivity index (χ2v) is 5.26. The molecule has 1 unspecified atom stereocenters. The maximum absolute atomic E-state index is 12.1. The molecule has 1 aromatic heterocycles. The lowest BCUT2D eigenvalue weighted by atomic mass is 10.1. The van der Waals surface area contributed by atoms with Gasteiger partial charge in [0.2, 0.25) is 0 Å². The van der Waals surface area contributed by atoms with Gasteiger partial charge < -0.3 is 10.7 Å². The van der Waals surface area contributed by atoms with Crippen LogP contribution < -0.4 is 16.6 Å². The standard InChI is InChI=1S/C14H22N4O/c1-3-12-6-11(7-13(17-12)18-15)14(19)16-8-9(2)10-4-5-10/h6-7,9-10H,3-5,8,15H2,1-2H3,(H,16,19)(H,17,18). The summed E-state index contributed by atoms with van der Waals surface area (Å²) in [6.07, 6.45) is 3.37. The second-order valence-electron chi connectivity index (χ2n) is 5.26. The summed E-state index contributed by atoms with van der Waals surface area (Å²) >= 11 is 0. The highest BCUT2D eigenvalue weighted by atomic mass is 16.1. The zero-order valence-electron chi connectivity index (χ0n) is 11.6. The Balaban J connectivity index is 2.00. The molecule has 4 N–H and O–H groups in total. The van der Waals surface area contributed by atoms with Gasteiger partial charge in [0.1, 0.15) is 5.82 Å². The molecular formula is C14H22N4O. The molecule has 0 aliphatic heterocycles. The van der Waals surface area contributed by atoms with Crippen LogP contribution in [-0.4, -0.2) is 17.4 Å². The molecule has 5 heteroatoms. The number of amides is 1. The van der Waals surface area contributed by atoms with Crippen LogP contribution in [0, 0.1) is 11.8 Å². The van der Waals surface area contributed by atoms with Gasteiger partial charge in [0, 0.05) is 17.8 Å². The minimum atomic E-state index is -0.0545. The molecular weight excluding hydrogens is 240 g/mol. The Labute approximate surface area is 114 Å². The average molecular weight is 262 g/mol. The number of hydrogen-bond acceptors (Lipinski definition) is 4. The summed E-state index contributed by atoms with van der Waals surface area (Å²) in [5.74, 6) is 7.20. The third kappa shape index (κ3) is 3.67. The van der Waals surface area contributed by atoms with E-state index in [-0.39, 0.29) is 5.91 Å². The lowest BCUT2D eigenvalue weighted by Crippen LogP contribution is -2.29. The first kappa shape index (κ1) is 13.8. The average Bonchev–Trinajstić information content (AvgIpc) is 3.28. The van der Waals surface area contributed by atoms with Gasteiger partial charge in [0.05, 0.1) is 0 Å². The van der Waals surface area contributed by atoms with E-state index in [1.165, 1.54) is 12.8 Å². The fourth-order valence-corrected chi connectivity index (χ4v) is 2.16. The van der Waals surface area contributed by atoms with Crippen LogP contribution in [-0.2, 0) is 6.42 Å². The van der Waals surface area contributed by atoms with Crippen molar-refractivity contribution in [1.29, 1.82) is 0 Å². The second kappa shape index (κ2) is 6.02. The summed E-state index contributed by atoms with van der Waals surface area (Å²) in [5, 5.41) is 2.99. The molecule has 0 radical (unpaired) electrons. The molecule has 104 valence electrons. The van der Waals surface area contributed by atoms with E-state index in [0.29, 0.717) is 17.3 Å². The fourth-order valence-electron chi connectivity index (χ4n) is 2.16. The minimum absolute atomic E-state index is 0.0545. The molecule has 1 fully saturated rings. The number of carbonyl (C=O) groups is 1. The van der Waals surface area contributed by atoms with Crippen LogP contribution in [0.2, 0.25) is 0 Å². The van der Waals surface area contributed by atoms with Gasteiger partial charge in [0.25, 0.3) is 5.91 Å². The van der Waals surface area contributed by atoms with Crippen molar-refractivity contribution in [2.45, 2.75) is 33.1 Å². The monoisotopic (exact) mass is 262 g/mol. The Morgan fingerprint density at radius 1 is 1.53 bits per heavy atom. The van der Waals surface area contributed by atoms with Gasteiger partial charge in [-0.05, 0) is 43.2 Å². The first-order valence-corrected chi connectivity index (χ1v) is 6.89. The first-order chi connectivity index (χ1) is 9.13. The number of nitrogens with one attached hydrogen (secondary N) is 2. The van der Waals surface area contributed by atoms with Gasteiger partial charge in [0.15, 0.2) is 0 Å². The summed E-state index contributed by atoms with van der Waals surface area (Å²) in [6.45, 7) is 4.92. The molecule has 0 aromatic carbocycles. The summed E-state index contributed by atoms with van der Waals surface area (Å²) in [4.78, 5) is 16.4. The number of nitrogen functional groups attached to an aromatic ring is 1. The normalized spacial score (nSPS) is 15.9. The Kier molecular flexibility index (Phi) is 4.37. The molecule has 0 spiro atoms. The molecule has 1 aliphatic rings. The Bertz CT molecular complexity index is 435. The lowest BCUT2D eigenvalue weighted by molar-refractivity contribution is 0.0946. The molecule has 0 bridgehead atoms. The van der Waals surface area contributed by atoms with Crippen molar-refractivity contribution >= 4 is 11.7 Å². The van der Waals surface area contributed by atoms with E-state index in [2.05, 4.69) is 22.7 Å². The topological polar surface area (TPSA) is 80.0 Å². The highest BCUT2D eigenvalue weighted by molar-refractivity contribution is 5.95. The molecule has 1 amide bonds. The summed E-state index contributed by atoms with van der Waals surface area (Å²) in [5.41, 5.74) is 3.97. The zero-order valence-corrected chi connectivity index (χ0v) is 11.6. The third-order valence-corrected chi connectivity index (χ3v) is 3.66. The first-order valence-electron chi connectivity index (χ1n) is 6.89. The highest BCUT2D eigenvalue weighted by Gasteiger charge is 2.27. The highest BCUT2D eigenvalue weighted by Crippen LogP contribution is 2.36. The molecule has 1 heterocycles. The van der Waals surface area contributed by atoms with Crippen molar-refractivity contribution in [3.05, 3.63) is 23.4 Å².